The van der Waals surface area contributed by atoms with Gasteiger partial charge in [0.1, 0.15) is 5.82 Å². The summed E-state index contributed by atoms with van der Waals surface area (Å²) in [6, 6.07) is 11.2. The van der Waals surface area contributed by atoms with E-state index in [0.29, 0.717) is 45.2 Å². The molecule has 0 aliphatic carbocycles. The highest BCUT2D eigenvalue weighted by Gasteiger charge is 2.39. The molecule has 2 aromatic carbocycles. The molecule has 2 aromatic rings. The molecule has 0 radical (unpaired) electrons. The van der Waals surface area contributed by atoms with Crippen LogP contribution in [0.3, 0.4) is 0 Å². The summed E-state index contributed by atoms with van der Waals surface area (Å²) >= 11 is 0. The number of hydrogen-bond donors (Lipinski definition) is 1. The van der Waals surface area contributed by atoms with E-state index in [1.807, 2.05) is 4.90 Å². The van der Waals surface area contributed by atoms with Crippen molar-refractivity contribution in [2.75, 3.05) is 20.2 Å². The summed E-state index contributed by atoms with van der Waals surface area (Å²) in [5.41, 5.74) is 1.38. The smallest absolute Gasteiger partial charge is 0.222 e. The van der Waals surface area contributed by atoms with Crippen LogP contribution in [0.15, 0.2) is 42.5 Å². The number of hydrogen-bond acceptors (Lipinski definition) is 3. The number of nitrogens with one attached hydrogen (secondary N) is 1. The average Bonchev–Trinajstić information content (AvgIpc) is 3.42. The number of rotatable bonds is 7. The number of halogens is 2. The number of carbonyl (C=O) groups excluding carboxylic acids is 2. The molecule has 1 N–H and O–H groups in total. The quantitative estimate of drug-likeness (QED) is 0.706. The first-order valence-electron chi connectivity index (χ1n) is 11.0. The Morgan fingerprint density at radius 3 is 2.69 bits per heavy atom. The van der Waals surface area contributed by atoms with Crippen LogP contribution in [0.1, 0.15) is 49.1 Å². The van der Waals surface area contributed by atoms with E-state index in [1.165, 1.54) is 25.3 Å². The van der Waals surface area contributed by atoms with Crippen molar-refractivity contribution in [1.29, 1.82) is 0 Å². The molecule has 170 valence electrons. The second-order valence-corrected chi connectivity index (χ2v) is 8.85. The fourth-order valence-corrected chi connectivity index (χ4v) is 4.89. The Kier molecular flexibility index (Phi) is 6.44. The van der Waals surface area contributed by atoms with Crippen LogP contribution in [-0.2, 0) is 16.0 Å². The number of carbonyl (C=O) groups is 2. The number of ether oxygens (including phenoxy) is 1. The Morgan fingerprint density at radius 1 is 1.22 bits per heavy atom. The molecule has 2 aliphatic heterocycles. The lowest BCUT2D eigenvalue weighted by Gasteiger charge is -2.30. The second kappa shape index (κ2) is 9.27. The molecule has 2 unspecified atom stereocenters. The van der Waals surface area contributed by atoms with Crippen molar-refractivity contribution >= 4 is 11.8 Å². The van der Waals surface area contributed by atoms with Crippen LogP contribution < -0.4 is 10.1 Å². The predicted molar refractivity (Wildman–Crippen MR) is 116 cm³/mol. The van der Waals surface area contributed by atoms with Gasteiger partial charge in [-0.3, -0.25) is 9.59 Å². The minimum atomic E-state index is -0.522. The fraction of sp³-hybridized carbons (Fsp3) is 0.440. The van der Waals surface area contributed by atoms with E-state index in [1.54, 1.807) is 24.3 Å². The van der Waals surface area contributed by atoms with E-state index in [9.17, 15) is 18.4 Å². The van der Waals surface area contributed by atoms with Crippen LogP contribution in [0, 0.1) is 11.6 Å². The van der Waals surface area contributed by atoms with Crippen LogP contribution in [0.25, 0.3) is 0 Å². The van der Waals surface area contributed by atoms with Gasteiger partial charge in [0.05, 0.1) is 7.11 Å². The zero-order valence-electron chi connectivity index (χ0n) is 18.2. The van der Waals surface area contributed by atoms with Gasteiger partial charge in [-0.2, -0.15) is 0 Å². The summed E-state index contributed by atoms with van der Waals surface area (Å²) in [6.45, 7) is 1.30. The van der Waals surface area contributed by atoms with Crippen molar-refractivity contribution in [2.24, 2.45) is 0 Å². The summed E-state index contributed by atoms with van der Waals surface area (Å²) in [5, 5.41) is 3.07. The minimum absolute atomic E-state index is 0.0240. The first-order valence-corrected chi connectivity index (χ1v) is 11.0. The molecule has 0 bridgehead atoms. The summed E-state index contributed by atoms with van der Waals surface area (Å²) in [6.07, 6.45) is 3.28. The van der Waals surface area contributed by atoms with Crippen molar-refractivity contribution in [3.05, 3.63) is 65.2 Å². The molecule has 4 rings (SSSR count). The third-order valence-corrected chi connectivity index (χ3v) is 6.69. The zero-order valence-corrected chi connectivity index (χ0v) is 18.2. The van der Waals surface area contributed by atoms with Gasteiger partial charge in [0.15, 0.2) is 11.6 Å². The molecule has 2 amide bonds. The van der Waals surface area contributed by atoms with Crippen LogP contribution in [0.5, 0.6) is 5.75 Å². The topological polar surface area (TPSA) is 58.6 Å². The molecule has 0 aromatic heterocycles. The van der Waals surface area contributed by atoms with Gasteiger partial charge in [-0.1, -0.05) is 18.2 Å². The third kappa shape index (κ3) is 4.92. The average molecular weight is 443 g/mol. The number of nitrogens with zero attached hydrogens (tertiary/aromatic N) is 1. The first kappa shape index (κ1) is 22.2. The zero-order chi connectivity index (χ0) is 22.7. The van der Waals surface area contributed by atoms with Crippen molar-refractivity contribution < 1.29 is 23.1 Å². The highest BCUT2D eigenvalue weighted by Crippen LogP contribution is 2.33. The van der Waals surface area contributed by atoms with Gasteiger partial charge >= 0.3 is 0 Å². The summed E-state index contributed by atoms with van der Waals surface area (Å²) in [4.78, 5) is 26.8. The van der Waals surface area contributed by atoms with E-state index in [0.717, 1.165) is 17.5 Å². The van der Waals surface area contributed by atoms with Gasteiger partial charge in [0.2, 0.25) is 11.8 Å². The lowest BCUT2D eigenvalue weighted by molar-refractivity contribution is -0.131. The summed E-state index contributed by atoms with van der Waals surface area (Å²) in [7, 11) is 1.42. The van der Waals surface area contributed by atoms with E-state index < -0.39 is 11.4 Å². The maximum absolute atomic E-state index is 13.8. The molecule has 32 heavy (non-hydrogen) atoms. The monoisotopic (exact) mass is 442 g/mol. The number of benzene rings is 2. The standard InChI is InChI=1S/C25H28F2N2O3/c1-32-22-14-17(2-7-21(22)27)15-25(11-8-23(30)28-25)12-9-24(31)29-13-10-19(16-29)18-3-5-20(26)6-4-18/h2-7,14,19H,8-13,15-16H2,1H3,(H,28,30). The Balaban J connectivity index is 1.39. The van der Waals surface area contributed by atoms with Crippen molar-refractivity contribution in [3.8, 4) is 5.75 Å². The number of likely N-dealkylation sites (tertiary alicyclic amines) is 1. The van der Waals surface area contributed by atoms with Gasteiger partial charge in [-0.05, 0) is 61.1 Å². The molecule has 2 saturated heterocycles. The Morgan fingerprint density at radius 2 is 2.00 bits per heavy atom. The molecular weight excluding hydrogens is 414 g/mol. The molecule has 0 saturated carbocycles. The number of methoxy groups -OCH3 is 1. The molecule has 2 fully saturated rings. The van der Waals surface area contributed by atoms with Gasteiger partial charge in [-0.25, -0.2) is 8.78 Å². The van der Waals surface area contributed by atoms with E-state index in [4.69, 9.17) is 4.74 Å². The van der Waals surface area contributed by atoms with Crippen LogP contribution in [0.4, 0.5) is 8.78 Å². The van der Waals surface area contributed by atoms with E-state index >= 15 is 0 Å². The SMILES string of the molecule is COc1cc(CC2(CCC(=O)N3CCC(c4ccc(F)cc4)C3)CCC(=O)N2)ccc1F. The largest absolute Gasteiger partial charge is 0.494 e. The normalized spacial score (nSPS) is 22.8. The van der Waals surface area contributed by atoms with Gasteiger partial charge in [0.25, 0.3) is 0 Å². The molecule has 7 heteroatoms. The van der Waals surface area contributed by atoms with Crippen molar-refractivity contribution in [3.63, 3.8) is 0 Å². The van der Waals surface area contributed by atoms with Crippen LogP contribution >= 0.6 is 0 Å². The Labute approximate surface area is 186 Å². The molecule has 2 aliphatic rings. The molecule has 2 atom stereocenters. The predicted octanol–water partition coefficient (Wildman–Crippen LogP) is 3.96. The van der Waals surface area contributed by atoms with E-state index in [-0.39, 0.29) is 29.3 Å². The lowest BCUT2D eigenvalue weighted by atomic mass is 9.84. The molecule has 5 nitrogen and oxygen atoms in total. The minimum Gasteiger partial charge on any atom is -0.494 e. The molecule has 0 spiro atoms. The van der Waals surface area contributed by atoms with Gasteiger partial charge < -0.3 is 15.0 Å². The maximum Gasteiger partial charge on any atom is 0.222 e. The third-order valence-electron chi connectivity index (χ3n) is 6.69. The number of amides is 2. The maximum atomic E-state index is 13.8. The van der Waals surface area contributed by atoms with Crippen LogP contribution in [-0.4, -0.2) is 42.5 Å². The van der Waals surface area contributed by atoms with Crippen LogP contribution in [0.2, 0.25) is 0 Å². The fourth-order valence-electron chi connectivity index (χ4n) is 4.89. The van der Waals surface area contributed by atoms with Crippen molar-refractivity contribution in [1.82, 2.24) is 10.2 Å². The Hall–Kier alpha value is -2.96. The molecular formula is C25H28F2N2O3. The first-order chi connectivity index (χ1) is 15.4. The summed E-state index contributed by atoms with van der Waals surface area (Å²) in [5.74, 6) is -0.271. The Bertz CT molecular complexity index is 995. The second-order valence-electron chi connectivity index (χ2n) is 8.85. The van der Waals surface area contributed by atoms with E-state index in [2.05, 4.69) is 5.32 Å². The highest BCUT2D eigenvalue weighted by atomic mass is 19.1. The van der Waals surface area contributed by atoms with Gasteiger partial charge in [0, 0.05) is 37.4 Å². The van der Waals surface area contributed by atoms with Crippen molar-refractivity contribution in [2.45, 2.75) is 50.0 Å². The highest BCUT2D eigenvalue weighted by molar-refractivity contribution is 5.80. The van der Waals surface area contributed by atoms with Gasteiger partial charge in [-0.15, -0.1) is 0 Å². The molecule has 2 heterocycles. The lowest BCUT2D eigenvalue weighted by Crippen LogP contribution is -2.44. The summed E-state index contributed by atoms with van der Waals surface area (Å²) < 4.78 is 32.0.